The summed E-state index contributed by atoms with van der Waals surface area (Å²) >= 11 is 3.60. The van der Waals surface area contributed by atoms with Crippen molar-refractivity contribution in [3.8, 4) is 0 Å². The summed E-state index contributed by atoms with van der Waals surface area (Å²) in [5, 5.41) is -0.840. The van der Waals surface area contributed by atoms with Crippen molar-refractivity contribution in [3.05, 3.63) is 25.1 Å². The van der Waals surface area contributed by atoms with E-state index in [1.165, 1.54) is 0 Å². The minimum Gasteiger partial charge on any atom is -0.506 e. The van der Waals surface area contributed by atoms with Crippen LogP contribution in [0.1, 0.15) is 0 Å². The Kier molecular flexibility index (Phi) is 2.92. The van der Waals surface area contributed by atoms with E-state index >= 15 is 0 Å². The molecule has 0 spiro atoms. The standard InChI is InChI=1S/C7H15BBrN/c1-6-8(9,7-2)10(3,4)5/h6-7H,1-2H2,3-5H3. The van der Waals surface area contributed by atoms with Crippen molar-refractivity contribution in [1.82, 2.24) is 0 Å². The first-order valence-electron chi connectivity index (χ1n) is 3.30. The third kappa shape index (κ3) is 1.73. The highest BCUT2D eigenvalue weighted by molar-refractivity contribution is 9.26. The van der Waals surface area contributed by atoms with Gasteiger partial charge in [0.2, 0.25) is 0 Å². The van der Waals surface area contributed by atoms with E-state index in [0.29, 0.717) is 0 Å². The quantitative estimate of drug-likeness (QED) is 0.616. The fourth-order valence-corrected chi connectivity index (χ4v) is 0.729. The van der Waals surface area contributed by atoms with Gasteiger partial charge in [-0.3, -0.25) is 15.8 Å². The molecular weight excluding hydrogens is 189 g/mol. The fourth-order valence-electron chi connectivity index (χ4n) is 0.729. The van der Waals surface area contributed by atoms with Gasteiger partial charge in [-0.1, -0.05) is 0 Å². The largest absolute Gasteiger partial charge is 0.506 e. The summed E-state index contributed by atoms with van der Waals surface area (Å²) in [5.41, 5.74) is 0. The van der Waals surface area contributed by atoms with Crippen LogP contribution in [0.2, 0.25) is 0 Å². The highest BCUT2D eigenvalue weighted by Gasteiger charge is 2.28. The zero-order chi connectivity index (χ0) is 8.41. The first kappa shape index (κ1) is 9.98. The second-order valence-electron chi connectivity index (χ2n) is 3.43. The second-order valence-corrected chi connectivity index (χ2v) is 4.89. The van der Waals surface area contributed by atoms with Gasteiger partial charge in [-0.25, -0.2) is 0 Å². The molecular formula is C7H15BBrN. The van der Waals surface area contributed by atoms with Gasteiger partial charge in [-0.05, 0) is 0 Å². The Morgan fingerprint density at radius 3 is 1.50 bits per heavy atom. The predicted molar refractivity (Wildman–Crippen MR) is 53.1 cm³/mol. The highest BCUT2D eigenvalue weighted by Crippen LogP contribution is 2.22. The summed E-state index contributed by atoms with van der Waals surface area (Å²) in [6.45, 7) is 7.53. The molecule has 0 N–H and O–H groups in total. The van der Waals surface area contributed by atoms with E-state index in [4.69, 9.17) is 0 Å². The van der Waals surface area contributed by atoms with Crippen LogP contribution in [-0.2, 0) is 0 Å². The lowest BCUT2D eigenvalue weighted by Crippen LogP contribution is -2.55. The van der Waals surface area contributed by atoms with Crippen LogP contribution in [0.5, 0.6) is 0 Å². The van der Waals surface area contributed by atoms with Crippen molar-refractivity contribution in [2.75, 3.05) is 21.1 Å². The Morgan fingerprint density at radius 1 is 1.20 bits per heavy atom. The van der Waals surface area contributed by atoms with Crippen molar-refractivity contribution in [2.45, 2.75) is 0 Å². The van der Waals surface area contributed by atoms with Gasteiger partial charge >= 0.3 is 5.10 Å². The zero-order valence-electron chi connectivity index (χ0n) is 6.97. The minimum atomic E-state index is -0.840. The summed E-state index contributed by atoms with van der Waals surface area (Å²) in [6, 6.07) is 0. The lowest BCUT2D eigenvalue weighted by Gasteiger charge is -2.46. The summed E-state index contributed by atoms with van der Waals surface area (Å²) in [7, 11) is 6.33. The second kappa shape index (κ2) is 2.93. The fraction of sp³-hybridized carbons (Fsp3) is 0.429. The van der Waals surface area contributed by atoms with Gasteiger partial charge in [0.15, 0.2) is 0 Å². The molecule has 0 unspecified atom stereocenters. The number of nitrogens with zero attached hydrogens (tertiary/aromatic N) is 1. The smallest absolute Gasteiger partial charge is 0.309 e. The van der Waals surface area contributed by atoms with Crippen LogP contribution in [0, 0.1) is 0 Å². The predicted octanol–water partition coefficient (Wildman–Crippen LogP) is 1.98. The lowest BCUT2D eigenvalue weighted by molar-refractivity contribution is -0.761. The van der Waals surface area contributed by atoms with Crippen molar-refractivity contribution in [1.29, 1.82) is 0 Å². The van der Waals surface area contributed by atoms with Crippen molar-refractivity contribution in [3.63, 3.8) is 0 Å². The molecule has 0 bridgehead atoms. The molecule has 0 atom stereocenters. The molecule has 0 aliphatic heterocycles. The van der Waals surface area contributed by atoms with Gasteiger partial charge in [0, 0.05) is 21.1 Å². The van der Waals surface area contributed by atoms with E-state index in [9.17, 15) is 0 Å². The first-order chi connectivity index (χ1) is 4.37. The molecule has 0 aliphatic rings. The van der Waals surface area contributed by atoms with Crippen molar-refractivity contribution in [2.24, 2.45) is 0 Å². The summed E-state index contributed by atoms with van der Waals surface area (Å²) in [5.74, 6) is 3.82. The molecule has 3 heteroatoms. The molecule has 0 fully saturated rings. The van der Waals surface area contributed by atoms with Gasteiger partial charge < -0.3 is 4.39 Å². The number of halogens is 1. The number of hydrogen-bond donors (Lipinski definition) is 0. The Bertz CT molecular complexity index is 140. The number of quaternary nitrogens is 1. The van der Waals surface area contributed by atoms with Crippen LogP contribution in [0.4, 0.5) is 0 Å². The minimum absolute atomic E-state index is 0.812. The first-order valence-corrected chi connectivity index (χ1v) is 4.22. The van der Waals surface area contributed by atoms with E-state index in [-0.39, 0.29) is 0 Å². The third-order valence-electron chi connectivity index (χ3n) is 1.85. The van der Waals surface area contributed by atoms with Crippen molar-refractivity contribution >= 4 is 20.9 Å². The van der Waals surface area contributed by atoms with Gasteiger partial charge in [-0.15, -0.1) is 13.2 Å². The summed E-state index contributed by atoms with van der Waals surface area (Å²) < 4.78 is 0.812. The molecule has 0 saturated carbocycles. The SMILES string of the molecule is C=C[B-](Br)(C=C)[N+](C)(C)C. The van der Waals surface area contributed by atoms with Gasteiger partial charge in [0.25, 0.3) is 0 Å². The summed E-state index contributed by atoms with van der Waals surface area (Å²) in [6.07, 6.45) is 0. The van der Waals surface area contributed by atoms with E-state index < -0.39 is 5.10 Å². The topological polar surface area (TPSA) is 0 Å². The normalized spacial score (nSPS) is 12.8. The monoisotopic (exact) mass is 203 g/mol. The molecule has 0 aromatic rings. The van der Waals surface area contributed by atoms with Crippen LogP contribution >= 0.6 is 15.8 Å². The van der Waals surface area contributed by atoms with E-state index in [1.54, 1.807) is 0 Å². The Labute approximate surface area is 71.9 Å². The maximum absolute atomic E-state index is 3.76. The molecule has 0 aliphatic carbocycles. The Balaban J connectivity index is 4.65. The third-order valence-corrected chi connectivity index (χ3v) is 3.82. The molecule has 0 aromatic heterocycles. The molecule has 0 radical (unpaired) electrons. The number of hydrogen-bond acceptors (Lipinski definition) is 0. The molecule has 58 valence electrons. The average Bonchev–Trinajstić information content (AvgIpc) is 1.84. The average molecular weight is 204 g/mol. The van der Waals surface area contributed by atoms with Crippen LogP contribution in [0.3, 0.4) is 0 Å². The molecule has 0 amide bonds. The van der Waals surface area contributed by atoms with Crippen LogP contribution < -0.4 is 0 Å². The van der Waals surface area contributed by atoms with E-state index in [1.807, 2.05) is 12.0 Å². The maximum atomic E-state index is 3.76. The molecule has 0 heterocycles. The highest BCUT2D eigenvalue weighted by atomic mass is 79.9. The van der Waals surface area contributed by atoms with E-state index in [2.05, 4.69) is 50.1 Å². The summed E-state index contributed by atoms with van der Waals surface area (Å²) in [4.78, 5) is 0. The number of rotatable bonds is 3. The van der Waals surface area contributed by atoms with Crippen LogP contribution in [0.15, 0.2) is 25.1 Å². The lowest BCUT2D eigenvalue weighted by atomic mass is 9.58. The van der Waals surface area contributed by atoms with Crippen molar-refractivity contribution < 1.29 is 4.39 Å². The van der Waals surface area contributed by atoms with Gasteiger partial charge in [-0.2, -0.15) is 12.0 Å². The van der Waals surface area contributed by atoms with Gasteiger partial charge in [0.1, 0.15) is 0 Å². The molecule has 10 heavy (non-hydrogen) atoms. The van der Waals surface area contributed by atoms with E-state index in [0.717, 1.165) is 4.39 Å². The zero-order valence-corrected chi connectivity index (χ0v) is 8.56. The maximum Gasteiger partial charge on any atom is 0.309 e. The van der Waals surface area contributed by atoms with Gasteiger partial charge in [0.05, 0.1) is 0 Å². The Morgan fingerprint density at radius 2 is 1.50 bits per heavy atom. The Hall–Kier alpha value is -0.0151. The molecule has 0 aromatic carbocycles. The molecule has 0 rings (SSSR count). The van der Waals surface area contributed by atoms with Crippen LogP contribution in [-0.4, -0.2) is 30.6 Å². The van der Waals surface area contributed by atoms with Crippen LogP contribution in [0.25, 0.3) is 0 Å². The molecule has 1 nitrogen and oxygen atoms in total. The molecule has 0 saturated heterocycles.